The number of carbonyl (C=O) groups is 1. The lowest BCUT2D eigenvalue weighted by molar-refractivity contribution is 0.0514. The quantitative estimate of drug-likeness (QED) is 0.793. The average Bonchev–Trinajstić information content (AvgIpc) is 2.23. The number of rotatable bonds is 2. The summed E-state index contributed by atoms with van der Waals surface area (Å²) in [5.74, 6) is -4.56. The zero-order valence-corrected chi connectivity index (χ0v) is 8.92. The molecule has 1 heterocycles. The van der Waals surface area contributed by atoms with Gasteiger partial charge >= 0.3 is 0 Å². The number of halogens is 3. The topological polar surface area (TPSA) is 46.3 Å². The first-order valence-corrected chi connectivity index (χ1v) is 5.16. The molecule has 1 saturated heterocycles. The summed E-state index contributed by atoms with van der Waals surface area (Å²) < 4.78 is 38.5. The molecule has 1 aromatic rings. The Balaban J connectivity index is 2.16. The molecule has 0 unspecified atom stereocenters. The molecular weight excluding hydrogens is 233 g/mol. The van der Waals surface area contributed by atoms with Gasteiger partial charge in [-0.3, -0.25) is 4.79 Å². The molecule has 0 aromatic heterocycles. The van der Waals surface area contributed by atoms with Crippen molar-refractivity contribution in [1.82, 2.24) is 4.90 Å². The maximum Gasteiger partial charge on any atom is 0.254 e. The highest BCUT2D eigenvalue weighted by atomic mass is 19.2. The summed E-state index contributed by atoms with van der Waals surface area (Å²) in [6, 6.07) is 1.41. The molecule has 1 aliphatic rings. The molecule has 1 fully saturated rings. The number of likely N-dealkylation sites (tertiary alicyclic amines) is 1. The van der Waals surface area contributed by atoms with Gasteiger partial charge in [0.05, 0.1) is 0 Å². The van der Waals surface area contributed by atoms with E-state index in [2.05, 4.69) is 0 Å². The van der Waals surface area contributed by atoms with Crippen molar-refractivity contribution in [1.29, 1.82) is 0 Å². The molecule has 0 bridgehead atoms. The van der Waals surface area contributed by atoms with Crippen LogP contribution in [-0.2, 0) is 0 Å². The molecule has 2 N–H and O–H groups in total. The fourth-order valence-electron chi connectivity index (χ4n) is 1.75. The van der Waals surface area contributed by atoms with Crippen LogP contribution in [0.5, 0.6) is 0 Å². The minimum Gasteiger partial charge on any atom is -0.338 e. The van der Waals surface area contributed by atoms with Crippen LogP contribution in [0, 0.1) is 23.4 Å². The number of benzene rings is 1. The number of nitrogens with zero attached hydrogens (tertiary/aromatic N) is 1. The van der Waals surface area contributed by atoms with E-state index in [-0.39, 0.29) is 11.5 Å². The normalized spacial score (nSPS) is 15.9. The van der Waals surface area contributed by atoms with E-state index in [1.54, 1.807) is 0 Å². The number of nitrogens with two attached hydrogens (primary N) is 1. The van der Waals surface area contributed by atoms with Crippen molar-refractivity contribution < 1.29 is 18.0 Å². The maximum atomic E-state index is 12.9. The number of hydrogen-bond donors (Lipinski definition) is 1. The van der Waals surface area contributed by atoms with Crippen molar-refractivity contribution in [2.45, 2.75) is 0 Å². The molecule has 0 aliphatic carbocycles. The van der Waals surface area contributed by atoms with Crippen LogP contribution < -0.4 is 5.73 Å². The van der Waals surface area contributed by atoms with E-state index in [9.17, 15) is 18.0 Å². The third-order valence-corrected chi connectivity index (χ3v) is 2.81. The van der Waals surface area contributed by atoms with Gasteiger partial charge in [-0.15, -0.1) is 0 Å². The van der Waals surface area contributed by atoms with Gasteiger partial charge in [0.25, 0.3) is 5.91 Å². The smallest absolute Gasteiger partial charge is 0.254 e. The summed E-state index contributed by atoms with van der Waals surface area (Å²) in [4.78, 5) is 13.2. The highest BCUT2D eigenvalue weighted by Gasteiger charge is 2.30. The molecule has 1 aliphatic heterocycles. The molecule has 0 radical (unpaired) electrons. The molecule has 0 saturated carbocycles. The lowest BCUT2D eigenvalue weighted by Gasteiger charge is -2.38. The summed E-state index contributed by atoms with van der Waals surface area (Å²) in [6.07, 6.45) is 0. The minimum absolute atomic E-state index is 0.183. The minimum atomic E-state index is -1.56. The monoisotopic (exact) mass is 244 g/mol. The summed E-state index contributed by atoms with van der Waals surface area (Å²) in [7, 11) is 0. The lowest BCUT2D eigenvalue weighted by atomic mass is 9.99. The van der Waals surface area contributed by atoms with Gasteiger partial charge in [-0.1, -0.05) is 0 Å². The zero-order chi connectivity index (χ0) is 12.6. The Kier molecular flexibility index (Phi) is 3.06. The van der Waals surface area contributed by atoms with Crippen LogP contribution in [0.15, 0.2) is 12.1 Å². The van der Waals surface area contributed by atoms with Gasteiger partial charge in [-0.2, -0.15) is 0 Å². The highest BCUT2D eigenvalue weighted by molar-refractivity contribution is 5.94. The van der Waals surface area contributed by atoms with Crippen LogP contribution in [0.2, 0.25) is 0 Å². The van der Waals surface area contributed by atoms with Gasteiger partial charge in [0.15, 0.2) is 17.5 Å². The van der Waals surface area contributed by atoms with E-state index in [0.717, 1.165) is 0 Å². The van der Waals surface area contributed by atoms with Gasteiger partial charge in [0, 0.05) is 24.6 Å². The predicted molar refractivity (Wildman–Crippen MR) is 54.8 cm³/mol. The van der Waals surface area contributed by atoms with Crippen LogP contribution in [0.4, 0.5) is 13.2 Å². The van der Waals surface area contributed by atoms with Crippen LogP contribution in [0.25, 0.3) is 0 Å². The van der Waals surface area contributed by atoms with Crippen molar-refractivity contribution in [3.63, 3.8) is 0 Å². The standard InChI is InChI=1S/C11H11F3N2O/c12-8-1-7(2-9(13)10(8)14)11(17)16-4-6(3-15)5-16/h1-2,6H,3-5,15H2. The molecule has 92 valence electrons. The molecule has 6 heteroatoms. The van der Waals surface area contributed by atoms with E-state index >= 15 is 0 Å². The Labute approximate surface area is 96.0 Å². The summed E-state index contributed by atoms with van der Waals surface area (Å²) in [5.41, 5.74) is 5.21. The van der Waals surface area contributed by atoms with Gasteiger partial charge in [-0.25, -0.2) is 13.2 Å². The zero-order valence-electron chi connectivity index (χ0n) is 8.92. The summed E-state index contributed by atoms with van der Waals surface area (Å²) in [5, 5.41) is 0. The molecule has 1 amide bonds. The first-order chi connectivity index (χ1) is 8.02. The molecule has 0 spiro atoms. The molecule has 2 rings (SSSR count). The van der Waals surface area contributed by atoms with Crippen molar-refractivity contribution in [3.05, 3.63) is 35.1 Å². The molecular formula is C11H11F3N2O. The van der Waals surface area contributed by atoms with E-state index in [1.807, 2.05) is 0 Å². The SMILES string of the molecule is NCC1CN(C(=O)c2cc(F)c(F)c(F)c2)C1. The molecule has 1 aromatic carbocycles. The first kappa shape index (κ1) is 11.9. The molecule has 0 atom stereocenters. The molecule has 17 heavy (non-hydrogen) atoms. The number of carbonyl (C=O) groups excluding carboxylic acids is 1. The highest BCUT2D eigenvalue weighted by Crippen LogP contribution is 2.20. The Bertz CT molecular complexity index is 435. The summed E-state index contributed by atoms with van der Waals surface area (Å²) >= 11 is 0. The van der Waals surface area contributed by atoms with Gasteiger partial charge in [-0.05, 0) is 18.7 Å². The Morgan fingerprint density at radius 3 is 2.29 bits per heavy atom. The number of hydrogen-bond acceptors (Lipinski definition) is 2. The van der Waals surface area contributed by atoms with Crippen LogP contribution in [-0.4, -0.2) is 30.4 Å². The Morgan fingerprint density at radius 2 is 1.82 bits per heavy atom. The predicted octanol–water partition coefficient (Wildman–Crippen LogP) is 1.13. The van der Waals surface area contributed by atoms with E-state index < -0.39 is 23.4 Å². The summed E-state index contributed by atoms with van der Waals surface area (Å²) in [6.45, 7) is 1.40. The lowest BCUT2D eigenvalue weighted by Crippen LogP contribution is -2.52. The largest absolute Gasteiger partial charge is 0.338 e. The third-order valence-electron chi connectivity index (χ3n) is 2.81. The van der Waals surface area contributed by atoms with E-state index in [0.29, 0.717) is 31.8 Å². The fourth-order valence-corrected chi connectivity index (χ4v) is 1.75. The second-order valence-electron chi connectivity index (χ2n) is 4.07. The number of amides is 1. The van der Waals surface area contributed by atoms with Crippen molar-refractivity contribution in [2.24, 2.45) is 11.7 Å². The fraction of sp³-hybridized carbons (Fsp3) is 0.364. The van der Waals surface area contributed by atoms with Crippen molar-refractivity contribution in [2.75, 3.05) is 19.6 Å². The van der Waals surface area contributed by atoms with E-state index in [4.69, 9.17) is 5.73 Å². The molecule has 3 nitrogen and oxygen atoms in total. The van der Waals surface area contributed by atoms with E-state index in [1.165, 1.54) is 4.90 Å². The van der Waals surface area contributed by atoms with Crippen LogP contribution in [0.1, 0.15) is 10.4 Å². The first-order valence-electron chi connectivity index (χ1n) is 5.16. The second-order valence-corrected chi connectivity index (χ2v) is 4.07. The van der Waals surface area contributed by atoms with Crippen LogP contribution in [0.3, 0.4) is 0 Å². The van der Waals surface area contributed by atoms with Crippen LogP contribution >= 0.6 is 0 Å². The van der Waals surface area contributed by atoms with Crippen molar-refractivity contribution in [3.8, 4) is 0 Å². The maximum absolute atomic E-state index is 12.9. The van der Waals surface area contributed by atoms with Gasteiger partial charge in [0.1, 0.15) is 0 Å². The third kappa shape index (κ3) is 2.12. The second kappa shape index (κ2) is 4.37. The van der Waals surface area contributed by atoms with Gasteiger partial charge in [0.2, 0.25) is 0 Å². The average molecular weight is 244 g/mol. The Morgan fingerprint density at radius 1 is 1.29 bits per heavy atom. The van der Waals surface area contributed by atoms with Crippen molar-refractivity contribution >= 4 is 5.91 Å². The Hall–Kier alpha value is -1.56. The van der Waals surface area contributed by atoms with Gasteiger partial charge < -0.3 is 10.6 Å².